The van der Waals surface area contributed by atoms with Gasteiger partial charge in [0.2, 0.25) is 10.0 Å². The summed E-state index contributed by atoms with van der Waals surface area (Å²) in [4.78, 5) is 21.0. The molecule has 1 aliphatic rings. The van der Waals surface area contributed by atoms with E-state index in [-0.39, 0.29) is 16.8 Å². The van der Waals surface area contributed by atoms with Crippen LogP contribution in [-0.4, -0.2) is 48.3 Å². The summed E-state index contributed by atoms with van der Waals surface area (Å²) in [5.74, 6) is -0.657. The van der Waals surface area contributed by atoms with Crippen LogP contribution < -0.4 is 4.72 Å². The maximum absolute atomic E-state index is 12.8. The quantitative estimate of drug-likeness (QED) is 0.645. The van der Waals surface area contributed by atoms with Crippen LogP contribution in [0.3, 0.4) is 0 Å². The molecule has 3 aromatic rings. The Hall–Kier alpha value is -2.85. The number of hydrogen-bond donors (Lipinski definition) is 2. The average Bonchev–Trinajstić information content (AvgIpc) is 3.18. The fraction of sp³-hybridized carbons (Fsp3) is 0.300. The van der Waals surface area contributed by atoms with Gasteiger partial charge in [0.15, 0.2) is 5.82 Å². The van der Waals surface area contributed by atoms with E-state index in [2.05, 4.69) is 14.7 Å². The molecule has 0 spiro atoms. The number of likely N-dealkylation sites (tertiary alicyclic amines) is 1. The van der Waals surface area contributed by atoms with Crippen molar-refractivity contribution < 1.29 is 22.0 Å². The van der Waals surface area contributed by atoms with Crippen LogP contribution >= 0.6 is 0 Å². The number of amides is 1. The van der Waals surface area contributed by atoms with Gasteiger partial charge in [-0.3, -0.25) is 4.79 Å². The predicted octanol–water partition coefficient (Wildman–Crippen LogP) is 3.08. The maximum atomic E-state index is 12.8. The maximum Gasteiger partial charge on any atom is 0.295 e. The van der Waals surface area contributed by atoms with Crippen molar-refractivity contribution in [2.24, 2.45) is 0 Å². The van der Waals surface area contributed by atoms with Crippen molar-refractivity contribution in [2.45, 2.75) is 30.2 Å². The zero-order chi connectivity index (χ0) is 21.3. The summed E-state index contributed by atoms with van der Waals surface area (Å²) in [5, 5.41) is 0. The van der Waals surface area contributed by atoms with Crippen molar-refractivity contribution in [1.29, 1.82) is 0 Å². The molecule has 1 aliphatic heterocycles. The van der Waals surface area contributed by atoms with Gasteiger partial charge >= 0.3 is 0 Å². The molecule has 10 heteroatoms. The number of benzene rings is 2. The van der Waals surface area contributed by atoms with Crippen molar-refractivity contribution >= 4 is 27.0 Å². The highest BCUT2D eigenvalue weighted by Crippen LogP contribution is 2.22. The highest BCUT2D eigenvalue weighted by atomic mass is 32.2. The van der Waals surface area contributed by atoms with Crippen LogP contribution in [0.5, 0.6) is 0 Å². The first-order valence-electron chi connectivity index (χ1n) is 9.48. The third-order valence-corrected chi connectivity index (χ3v) is 6.65. The molecule has 0 bridgehead atoms. The first-order valence-corrected chi connectivity index (χ1v) is 11.0. The van der Waals surface area contributed by atoms with E-state index in [1.165, 1.54) is 24.3 Å². The molecule has 1 amide bonds. The van der Waals surface area contributed by atoms with Gasteiger partial charge in [0.05, 0.1) is 15.9 Å². The molecule has 7 nitrogen and oxygen atoms in total. The summed E-state index contributed by atoms with van der Waals surface area (Å²) in [6.45, 7) is 0.786. The number of aromatic nitrogens is 2. The molecule has 0 aliphatic carbocycles. The summed E-state index contributed by atoms with van der Waals surface area (Å²) >= 11 is 0. The second-order valence-electron chi connectivity index (χ2n) is 7.16. The number of carbonyl (C=O) groups is 1. The molecule has 2 heterocycles. The highest BCUT2D eigenvalue weighted by Gasteiger charge is 2.27. The molecular weight excluding hydrogens is 414 g/mol. The monoisotopic (exact) mass is 434 g/mol. The Balaban J connectivity index is 1.40. The van der Waals surface area contributed by atoms with E-state index in [0.717, 1.165) is 0 Å². The van der Waals surface area contributed by atoms with Crippen molar-refractivity contribution in [3.63, 3.8) is 0 Å². The number of hydrogen-bond acceptors (Lipinski definition) is 4. The van der Waals surface area contributed by atoms with Gasteiger partial charge in [0.25, 0.3) is 12.3 Å². The lowest BCUT2D eigenvalue weighted by Crippen LogP contribution is -2.46. The molecular formula is C20H20F2N4O3S. The Bertz CT molecular complexity index is 1160. The van der Waals surface area contributed by atoms with Crippen LogP contribution in [0.1, 0.15) is 35.4 Å². The summed E-state index contributed by atoms with van der Waals surface area (Å²) in [6, 6.07) is 12.5. The number of aromatic amines is 1. The summed E-state index contributed by atoms with van der Waals surface area (Å²) in [6.07, 6.45) is -1.74. The molecule has 2 aromatic carbocycles. The number of sulfonamides is 1. The van der Waals surface area contributed by atoms with Gasteiger partial charge in [-0.2, -0.15) is 0 Å². The number of piperidine rings is 1. The Labute approximate surface area is 172 Å². The van der Waals surface area contributed by atoms with Gasteiger partial charge in [0.1, 0.15) is 0 Å². The molecule has 1 aromatic heterocycles. The number of imidazole rings is 1. The van der Waals surface area contributed by atoms with E-state index in [4.69, 9.17) is 0 Å². The molecule has 1 fully saturated rings. The lowest BCUT2D eigenvalue weighted by molar-refractivity contribution is 0.0711. The molecule has 2 N–H and O–H groups in total. The fourth-order valence-corrected chi connectivity index (χ4v) is 4.86. The molecule has 0 atom stereocenters. The van der Waals surface area contributed by atoms with Crippen molar-refractivity contribution in [1.82, 2.24) is 19.6 Å². The smallest absolute Gasteiger partial charge is 0.295 e. The number of rotatable bonds is 5. The summed E-state index contributed by atoms with van der Waals surface area (Å²) < 4.78 is 53.2. The van der Waals surface area contributed by atoms with E-state index in [0.29, 0.717) is 42.5 Å². The Morgan fingerprint density at radius 3 is 2.50 bits per heavy atom. The summed E-state index contributed by atoms with van der Waals surface area (Å²) in [5.41, 5.74) is 1.12. The molecule has 30 heavy (non-hydrogen) atoms. The minimum atomic E-state index is -3.60. The SMILES string of the molecule is O=C(c1ccc2nc(C(F)F)[nH]c2c1)N1CCC(NS(=O)(=O)c2ccccc2)CC1. The van der Waals surface area contributed by atoms with Crippen molar-refractivity contribution in [2.75, 3.05) is 13.1 Å². The van der Waals surface area contributed by atoms with E-state index >= 15 is 0 Å². The lowest BCUT2D eigenvalue weighted by Gasteiger charge is -2.32. The fourth-order valence-electron chi connectivity index (χ4n) is 3.54. The minimum absolute atomic E-state index is 0.208. The minimum Gasteiger partial charge on any atom is -0.339 e. The predicted molar refractivity (Wildman–Crippen MR) is 107 cm³/mol. The van der Waals surface area contributed by atoms with E-state index in [1.54, 1.807) is 29.2 Å². The van der Waals surface area contributed by atoms with Crippen LogP contribution in [0.2, 0.25) is 0 Å². The van der Waals surface area contributed by atoms with Gasteiger partial charge in [-0.1, -0.05) is 18.2 Å². The van der Waals surface area contributed by atoms with Crippen molar-refractivity contribution in [3.05, 3.63) is 59.9 Å². The largest absolute Gasteiger partial charge is 0.339 e. The molecule has 158 valence electrons. The Kier molecular flexibility index (Phi) is 5.52. The number of halogens is 2. The van der Waals surface area contributed by atoms with Gasteiger partial charge < -0.3 is 9.88 Å². The number of nitrogens with zero attached hydrogens (tertiary/aromatic N) is 2. The molecule has 1 saturated heterocycles. The standard InChI is InChI=1S/C20H20F2N4O3S/c21-18(22)19-23-16-7-6-13(12-17(16)24-19)20(27)26-10-8-14(9-11-26)25-30(28,29)15-4-2-1-3-5-15/h1-7,12,14,18,25H,8-11H2,(H,23,24). The van der Waals surface area contributed by atoms with Gasteiger partial charge in [-0.25, -0.2) is 26.9 Å². The van der Waals surface area contributed by atoms with E-state index < -0.39 is 22.3 Å². The number of carbonyl (C=O) groups excluding carboxylic acids is 1. The number of H-pyrrole nitrogens is 1. The number of fused-ring (bicyclic) bond motifs is 1. The highest BCUT2D eigenvalue weighted by molar-refractivity contribution is 7.89. The van der Waals surface area contributed by atoms with Gasteiger partial charge in [-0.05, 0) is 43.2 Å². The lowest BCUT2D eigenvalue weighted by atomic mass is 10.0. The third kappa shape index (κ3) is 4.19. The normalized spacial score (nSPS) is 15.8. The topological polar surface area (TPSA) is 95.2 Å². The third-order valence-electron chi connectivity index (χ3n) is 5.11. The van der Waals surface area contributed by atoms with E-state index in [1.807, 2.05) is 0 Å². The Morgan fingerprint density at radius 2 is 1.83 bits per heavy atom. The molecule has 0 saturated carbocycles. The molecule has 4 rings (SSSR count). The molecule has 0 unspecified atom stereocenters. The molecule has 0 radical (unpaired) electrons. The summed E-state index contributed by atoms with van der Waals surface area (Å²) in [7, 11) is -3.60. The zero-order valence-electron chi connectivity index (χ0n) is 15.9. The van der Waals surface area contributed by atoms with E-state index in [9.17, 15) is 22.0 Å². The van der Waals surface area contributed by atoms with Crippen LogP contribution in [0.4, 0.5) is 8.78 Å². The number of nitrogens with one attached hydrogen (secondary N) is 2. The van der Waals surface area contributed by atoms with Crippen LogP contribution in [0.15, 0.2) is 53.4 Å². The average molecular weight is 434 g/mol. The number of alkyl halides is 2. The van der Waals surface area contributed by atoms with Crippen LogP contribution in [-0.2, 0) is 10.0 Å². The zero-order valence-corrected chi connectivity index (χ0v) is 16.7. The van der Waals surface area contributed by atoms with Crippen LogP contribution in [0.25, 0.3) is 11.0 Å². The second kappa shape index (κ2) is 8.11. The van der Waals surface area contributed by atoms with Gasteiger partial charge in [0, 0.05) is 24.7 Å². The Morgan fingerprint density at radius 1 is 1.13 bits per heavy atom. The van der Waals surface area contributed by atoms with Crippen LogP contribution in [0, 0.1) is 0 Å². The first kappa shape index (κ1) is 20.4. The first-order chi connectivity index (χ1) is 14.3. The second-order valence-corrected chi connectivity index (χ2v) is 8.87. The van der Waals surface area contributed by atoms with Crippen molar-refractivity contribution in [3.8, 4) is 0 Å². The van der Waals surface area contributed by atoms with Gasteiger partial charge in [-0.15, -0.1) is 0 Å².